The first-order chi connectivity index (χ1) is 28.8. The molecule has 318 valence electrons. The van der Waals surface area contributed by atoms with Crippen LogP contribution in [-0.2, 0) is 19.1 Å². The number of nitrogens with zero attached hydrogens (tertiary/aromatic N) is 2. The largest absolute Gasteiger partial charge is 0.462 e. The van der Waals surface area contributed by atoms with Crippen LogP contribution in [0.5, 0.6) is 11.5 Å². The molecular formula is C44H44Cl6N4O6. The van der Waals surface area contributed by atoms with Crippen molar-refractivity contribution in [2.24, 2.45) is 0 Å². The number of alkyl halides is 6. The summed E-state index contributed by atoms with van der Waals surface area (Å²) in [4.78, 5) is 32.7. The number of allylic oxidation sites excluding steroid dienone is 2. The van der Waals surface area contributed by atoms with Crippen LogP contribution < -0.4 is 20.1 Å². The van der Waals surface area contributed by atoms with Gasteiger partial charge in [0.05, 0.1) is 26.4 Å². The molecule has 7 rings (SSSR count). The summed E-state index contributed by atoms with van der Waals surface area (Å²) in [6.45, 7) is 4.59. The third-order valence-electron chi connectivity index (χ3n) is 10.4. The summed E-state index contributed by atoms with van der Waals surface area (Å²) in [7, 11) is 0. The zero-order valence-electron chi connectivity index (χ0n) is 32.5. The maximum absolute atomic E-state index is 14.2. The molecule has 2 fully saturated rings. The van der Waals surface area contributed by atoms with E-state index in [0.29, 0.717) is 89.4 Å². The van der Waals surface area contributed by atoms with Crippen molar-refractivity contribution >= 4 is 93.6 Å². The van der Waals surface area contributed by atoms with Gasteiger partial charge < -0.3 is 39.4 Å². The Bertz CT molecular complexity index is 1970. The molecule has 2 heterocycles. The quantitative estimate of drug-likeness (QED) is 0.137. The summed E-state index contributed by atoms with van der Waals surface area (Å²) in [5.41, 5.74) is 6.79. The number of halogens is 6. The van der Waals surface area contributed by atoms with E-state index in [9.17, 15) is 9.59 Å². The molecule has 0 aromatic heterocycles. The normalized spacial score (nSPS) is 20.1. The second-order valence-electron chi connectivity index (χ2n) is 14.5. The molecule has 2 unspecified atom stereocenters. The number of para-hydroxylation sites is 2. The van der Waals surface area contributed by atoms with E-state index in [-0.39, 0.29) is 11.5 Å². The van der Waals surface area contributed by atoms with Gasteiger partial charge in [-0.2, -0.15) is 0 Å². The van der Waals surface area contributed by atoms with E-state index < -0.39 is 31.9 Å². The minimum absolute atomic E-state index is 0.0447. The van der Waals surface area contributed by atoms with Gasteiger partial charge >= 0.3 is 0 Å². The fourth-order valence-corrected chi connectivity index (χ4v) is 8.23. The Morgan fingerprint density at radius 3 is 1.25 bits per heavy atom. The second kappa shape index (κ2) is 20.1. The third kappa shape index (κ3) is 11.3. The molecule has 2 aliphatic carbocycles. The molecule has 2 saturated heterocycles. The SMILES string of the molecule is O=C(NC(Oc1ccccc1OC(NC(=O)C1=C(N2CCOCC2)/C(=C/c2ccccc2)CC1)C(Cl)(Cl)Cl)C(Cl)(Cl)Cl)C1=C(N2CCOCC2)/C(=C/c2ccccc2)CC1. The summed E-state index contributed by atoms with van der Waals surface area (Å²) >= 11 is 38.9. The van der Waals surface area contributed by atoms with Crippen LogP contribution in [0.25, 0.3) is 12.2 Å². The summed E-state index contributed by atoms with van der Waals surface area (Å²) in [6, 6.07) is 26.3. The Hall–Kier alpha value is -3.58. The molecule has 2 N–H and O–H groups in total. The van der Waals surface area contributed by atoms with Crippen molar-refractivity contribution in [2.75, 3.05) is 52.6 Å². The Balaban J connectivity index is 1.13. The highest BCUT2D eigenvalue weighted by Gasteiger charge is 2.42. The van der Waals surface area contributed by atoms with Crippen LogP contribution in [0.2, 0.25) is 0 Å². The van der Waals surface area contributed by atoms with E-state index in [2.05, 4.69) is 32.6 Å². The van der Waals surface area contributed by atoms with Crippen molar-refractivity contribution in [2.45, 2.75) is 45.7 Å². The molecule has 0 radical (unpaired) electrons. The Morgan fingerprint density at radius 2 is 0.900 bits per heavy atom. The number of carbonyl (C=O) groups excluding carboxylic acids is 2. The maximum Gasteiger partial charge on any atom is 0.252 e. The average Bonchev–Trinajstić information content (AvgIpc) is 3.86. The van der Waals surface area contributed by atoms with Gasteiger partial charge in [-0.15, -0.1) is 0 Å². The van der Waals surface area contributed by atoms with Gasteiger partial charge in [0.15, 0.2) is 11.5 Å². The van der Waals surface area contributed by atoms with E-state index in [0.717, 1.165) is 33.7 Å². The number of carbonyl (C=O) groups is 2. The zero-order chi connectivity index (χ0) is 42.3. The van der Waals surface area contributed by atoms with Crippen LogP contribution in [0.1, 0.15) is 36.8 Å². The van der Waals surface area contributed by atoms with Crippen molar-refractivity contribution < 1.29 is 28.5 Å². The number of benzene rings is 3. The Morgan fingerprint density at radius 1 is 0.550 bits per heavy atom. The van der Waals surface area contributed by atoms with Gasteiger partial charge in [0, 0.05) is 48.7 Å². The first-order valence-electron chi connectivity index (χ1n) is 19.7. The molecule has 0 spiro atoms. The van der Waals surface area contributed by atoms with Crippen LogP contribution in [0.3, 0.4) is 0 Å². The number of nitrogens with one attached hydrogen (secondary N) is 2. The molecule has 4 aliphatic rings. The fraction of sp³-hybridized carbons (Fsp3) is 0.364. The highest BCUT2D eigenvalue weighted by molar-refractivity contribution is 6.68. The summed E-state index contributed by atoms with van der Waals surface area (Å²) in [5.74, 6) is -0.835. The standard InChI is InChI=1S/C44H44Cl6N4O6/c45-43(46,47)41(51-39(55)33-17-15-31(27-29-9-3-1-4-10-29)37(33)53-19-23-57-24-20-53)59-35-13-7-8-14-36(35)60-42(44(48,49)50)52-40(56)34-18-16-32(28-30-11-5-2-6-12-30)38(34)54-21-25-58-26-22-54/h1-14,27-28,41-42H,15-26H2,(H,51,55)(H,52,56)/b31-27+,32-28+. The summed E-state index contributed by atoms with van der Waals surface area (Å²) in [6.07, 6.45) is 3.37. The van der Waals surface area contributed by atoms with Gasteiger partial charge in [-0.25, -0.2) is 0 Å². The maximum atomic E-state index is 14.2. The van der Waals surface area contributed by atoms with Crippen molar-refractivity contribution in [3.05, 3.63) is 130 Å². The van der Waals surface area contributed by atoms with E-state index in [4.69, 9.17) is 88.6 Å². The van der Waals surface area contributed by atoms with E-state index in [1.807, 2.05) is 60.7 Å². The molecule has 60 heavy (non-hydrogen) atoms. The number of ether oxygens (including phenoxy) is 4. The molecule has 2 amide bonds. The molecule has 0 bridgehead atoms. The highest BCUT2D eigenvalue weighted by Crippen LogP contribution is 2.41. The predicted molar refractivity (Wildman–Crippen MR) is 238 cm³/mol. The zero-order valence-corrected chi connectivity index (χ0v) is 37.0. The van der Waals surface area contributed by atoms with Gasteiger partial charge in [0.2, 0.25) is 20.0 Å². The minimum atomic E-state index is -2.15. The molecule has 0 saturated carbocycles. The number of rotatable bonds is 12. The molecule has 16 heteroatoms. The topological polar surface area (TPSA) is 102 Å². The van der Waals surface area contributed by atoms with Gasteiger partial charge in [-0.1, -0.05) is 142 Å². The summed E-state index contributed by atoms with van der Waals surface area (Å²) < 4.78 is 19.4. The first-order valence-corrected chi connectivity index (χ1v) is 21.9. The third-order valence-corrected chi connectivity index (χ3v) is 11.6. The van der Waals surface area contributed by atoms with E-state index >= 15 is 0 Å². The van der Waals surface area contributed by atoms with Crippen molar-refractivity contribution in [1.29, 1.82) is 0 Å². The van der Waals surface area contributed by atoms with Crippen LogP contribution in [0.4, 0.5) is 0 Å². The van der Waals surface area contributed by atoms with Crippen LogP contribution in [-0.4, -0.2) is 94.3 Å². The lowest BCUT2D eigenvalue weighted by Crippen LogP contribution is -2.49. The lowest BCUT2D eigenvalue weighted by Gasteiger charge is -2.33. The predicted octanol–water partition coefficient (Wildman–Crippen LogP) is 9.00. The van der Waals surface area contributed by atoms with Crippen molar-refractivity contribution in [3.8, 4) is 11.5 Å². The van der Waals surface area contributed by atoms with Gasteiger partial charge in [-0.05, 0) is 72.2 Å². The smallest absolute Gasteiger partial charge is 0.252 e. The number of amides is 2. The van der Waals surface area contributed by atoms with E-state index in [1.165, 1.54) is 0 Å². The highest BCUT2D eigenvalue weighted by atomic mass is 35.6. The molecule has 3 aromatic carbocycles. The van der Waals surface area contributed by atoms with Gasteiger partial charge in [0.25, 0.3) is 11.8 Å². The lowest BCUT2D eigenvalue weighted by atomic mass is 10.1. The number of morpholine rings is 2. The summed E-state index contributed by atoms with van der Waals surface area (Å²) in [5, 5.41) is 5.62. The monoisotopic (exact) mass is 934 g/mol. The second-order valence-corrected chi connectivity index (χ2v) is 19.2. The Labute approximate surface area is 379 Å². The van der Waals surface area contributed by atoms with Gasteiger partial charge in [0.1, 0.15) is 0 Å². The molecule has 2 atom stereocenters. The average molecular weight is 938 g/mol. The van der Waals surface area contributed by atoms with Crippen LogP contribution in [0.15, 0.2) is 119 Å². The number of hydrogen-bond acceptors (Lipinski definition) is 8. The van der Waals surface area contributed by atoms with Crippen LogP contribution in [0, 0.1) is 0 Å². The van der Waals surface area contributed by atoms with Gasteiger partial charge in [-0.3, -0.25) is 9.59 Å². The van der Waals surface area contributed by atoms with Crippen LogP contribution >= 0.6 is 69.6 Å². The Kier molecular flexibility index (Phi) is 14.9. The minimum Gasteiger partial charge on any atom is -0.462 e. The molecule has 10 nitrogen and oxygen atoms in total. The van der Waals surface area contributed by atoms with E-state index in [1.54, 1.807) is 24.3 Å². The molecule has 2 aliphatic heterocycles. The molecule has 3 aromatic rings. The lowest BCUT2D eigenvalue weighted by molar-refractivity contribution is -0.121. The first kappa shape index (κ1) is 44.5. The fourth-order valence-electron chi connectivity index (χ4n) is 7.63. The van der Waals surface area contributed by atoms with Crippen molar-refractivity contribution in [3.63, 3.8) is 0 Å². The molecular weight excluding hydrogens is 893 g/mol. The van der Waals surface area contributed by atoms with Crippen molar-refractivity contribution in [1.82, 2.24) is 20.4 Å². The number of hydrogen-bond donors (Lipinski definition) is 2.